The normalized spacial score (nSPS) is 16.3. The molecule has 5 heteroatoms. The molecule has 2 aromatic rings. The lowest BCUT2D eigenvalue weighted by Gasteiger charge is -2.23. The average Bonchev–Trinajstić information content (AvgIpc) is 2.72. The largest absolute Gasteiger partial charge is 0.493 e. The van der Waals surface area contributed by atoms with Crippen molar-refractivity contribution in [3.05, 3.63) is 65.2 Å². The van der Waals surface area contributed by atoms with E-state index in [0.717, 1.165) is 29.9 Å². The molecule has 0 saturated carbocycles. The summed E-state index contributed by atoms with van der Waals surface area (Å²) in [6.45, 7) is 5.06. The first-order chi connectivity index (χ1) is 13.6. The molecule has 3 rings (SSSR count). The van der Waals surface area contributed by atoms with Gasteiger partial charge in [-0.15, -0.1) is 0 Å². The first-order valence-electron chi connectivity index (χ1n) is 9.78. The van der Waals surface area contributed by atoms with Crippen LogP contribution in [-0.4, -0.2) is 13.2 Å². The molecule has 0 bridgehead atoms. The Kier molecular flexibility index (Phi) is 6.90. The van der Waals surface area contributed by atoms with Gasteiger partial charge in [-0.25, -0.2) is 0 Å². The third-order valence-electron chi connectivity index (χ3n) is 4.75. The fourth-order valence-electron chi connectivity index (χ4n) is 3.24. The molecule has 0 aromatic heterocycles. The predicted molar refractivity (Wildman–Crippen MR) is 105 cm³/mol. The zero-order valence-corrected chi connectivity index (χ0v) is 16.3. The van der Waals surface area contributed by atoms with Crippen molar-refractivity contribution in [2.24, 2.45) is 5.92 Å². The first kappa shape index (κ1) is 20.2. The van der Waals surface area contributed by atoms with Gasteiger partial charge in [-0.05, 0) is 49.5 Å². The molecular weight excluding hydrogens is 362 g/mol. The average molecular weight is 388 g/mol. The van der Waals surface area contributed by atoms with Gasteiger partial charge in [0.1, 0.15) is 12.4 Å². The Labute approximate surface area is 164 Å². The lowest BCUT2D eigenvalue weighted by atomic mass is 9.97. The fraction of sp³-hybridized carbons (Fsp3) is 0.391. The molecule has 1 atom stereocenters. The molecule has 1 heterocycles. The second-order valence-corrected chi connectivity index (χ2v) is 6.88. The summed E-state index contributed by atoms with van der Waals surface area (Å²) in [5.41, 5.74) is 1.87. The van der Waals surface area contributed by atoms with Crippen molar-refractivity contribution in [2.45, 2.75) is 39.7 Å². The Morgan fingerprint density at radius 1 is 0.964 bits per heavy atom. The number of hydrogen-bond donors (Lipinski definition) is 0. The summed E-state index contributed by atoms with van der Waals surface area (Å²) in [6, 6.07) is 10.5. The molecule has 1 aliphatic heterocycles. The van der Waals surface area contributed by atoms with E-state index in [9.17, 15) is 8.78 Å². The molecule has 0 fully saturated rings. The molecule has 0 aliphatic carbocycles. The highest BCUT2D eigenvalue weighted by molar-refractivity contribution is 5.60. The smallest absolute Gasteiger partial charge is 0.204 e. The van der Waals surface area contributed by atoms with Crippen LogP contribution in [0.25, 0.3) is 5.76 Å². The van der Waals surface area contributed by atoms with Crippen LogP contribution in [0.3, 0.4) is 0 Å². The zero-order valence-electron chi connectivity index (χ0n) is 16.3. The number of ether oxygens (including phenoxy) is 3. The van der Waals surface area contributed by atoms with Crippen molar-refractivity contribution < 1.29 is 23.0 Å². The summed E-state index contributed by atoms with van der Waals surface area (Å²) >= 11 is 0. The molecule has 0 amide bonds. The van der Waals surface area contributed by atoms with Crippen LogP contribution >= 0.6 is 0 Å². The summed E-state index contributed by atoms with van der Waals surface area (Å²) in [6.07, 6.45) is 5.54. The van der Waals surface area contributed by atoms with Crippen LogP contribution < -0.4 is 9.47 Å². The van der Waals surface area contributed by atoms with Crippen molar-refractivity contribution >= 4 is 5.76 Å². The third-order valence-corrected chi connectivity index (χ3v) is 4.75. The van der Waals surface area contributed by atoms with Crippen LogP contribution in [0, 0.1) is 17.6 Å². The van der Waals surface area contributed by atoms with Gasteiger partial charge in [-0.1, -0.05) is 37.6 Å². The van der Waals surface area contributed by atoms with E-state index in [1.54, 1.807) is 6.92 Å². The second-order valence-electron chi connectivity index (χ2n) is 6.88. The van der Waals surface area contributed by atoms with E-state index in [0.29, 0.717) is 5.92 Å². The van der Waals surface area contributed by atoms with E-state index in [4.69, 9.17) is 14.2 Å². The van der Waals surface area contributed by atoms with Gasteiger partial charge in [0.15, 0.2) is 11.5 Å². The maximum Gasteiger partial charge on any atom is 0.204 e. The van der Waals surface area contributed by atoms with Crippen molar-refractivity contribution in [3.8, 4) is 11.5 Å². The summed E-state index contributed by atoms with van der Waals surface area (Å²) < 4.78 is 44.4. The topological polar surface area (TPSA) is 27.7 Å². The number of halogens is 2. The second kappa shape index (κ2) is 9.58. The van der Waals surface area contributed by atoms with Gasteiger partial charge in [0.2, 0.25) is 11.6 Å². The first-order valence-corrected chi connectivity index (χ1v) is 9.78. The van der Waals surface area contributed by atoms with Crippen molar-refractivity contribution in [2.75, 3.05) is 13.2 Å². The molecule has 0 saturated heterocycles. The van der Waals surface area contributed by atoms with Gasteiger partial charge >= 0.3 is 0 Å². The van der Waals surface area contributed by atoms with E-state index >= 15 is 0 Å². The predicted octanol–water partition coefficient (Wildman–Crippen LogP) is 6.12. The molecule has 0 spiro atoms. The summed E-state index contributed by atoms with van der Waals surface area (Å²) in [5.74, 6) is -0.809. The summed E-state index contributed by atoms with van der Waals surface area (Å²) in [7, 11) is 0. The molecule has 1 unspecified atom stereocenters. The molecule has 0 N–H and O–H groups in total. The number of allylic oxidation sites excluding steroid dienone is 1. The standard InChI is InChI=1S/C23H26F2O3/c1-3-5-16-8-11-19(27-14-16)18-9-6-17(7-10-18)15-28-21-13-12-20(26-4-2)22(24)23(21)25/h6-7,9-13,16H,3-5,8,14-15H2,1-2H3. The zero-order chi connectivity index (χ0) is 19.9. The minimum absolute atomic E-state index is 0.112. The Bertz CT molecular complexity index is 815. The quantitative estimate of drug-likeness (QED) is 0.545. The highest BCUT2D eigenvalue weighted by Crippen LogP contribution is 2.29. The van der Waals surface area contributed by atoms with Crippen LogP contribution in [0.2, 0.25) is 0 Å². The molecule has 2 aromatic carbocycles. The van der Waals surface area contributed by atoms with Gasteiger partial charge in [0.25, 0.3) is 0 Å². The molecular formula is C23H26F2O3. The van der Waals surface area contributed by atoms with Gasteiger partial charge in [-0.2, -0.15) is 8.78 Å². The van der Waals surface area contributed by atoms with Gasteiger partial charge in [-0.3, -0.25) is 0 Å². The monoisotopic (exact) mass is 388 g/mol. The van der Waals surface area contributed by atoms with E-state index in [-0.39, 0.29) is 24.7 Å². The number of rotatable bonds is 8. The SMILES string of the molecule is CCCC1CC=C(c2ccc(COc3ccc(OCC)c(F)c3F)cc2)OC1. The number of benzene rings is 2. The summed E-state index contributed by atoms with van der Waals surface area (Å²) in [4.78, 5) is 0. The van der Waals surface area contributed by atoms with Crippen LogP contribution in [0.4, 0.5) is 8.78 Å². The Morgan fingerprint density at radius 3 is 2.21 bits per heavy atom. The van der Waals surface area contributed by atoms with Crippen LogP contribution in [-0.2, 0) is 11.3 Å². The van der Waals surface area contributed by atoms with E-state index in [2.05, 4.69) is 13.0 Å². The van der Waals surface area contributed by atoms with Gasteiger partial charge in [0, 0.05) is 5.56 Å². The lowest BCUT2D eigenvalue weighted by Crippen LogP contribution is -2.13. The van der Waals surface area contributed by atoms with Gasteiger partial charge < -0.3 is 14.2 Å². The molecule has 150 valence electrons. The van der Waals surface area contributed by atoms with Crippen LogP contribution in [0.15, 0.2) is 42.5 Å². The minimum Gasteiger partial charge on any atom is -0.493 e. The van der Waals surface area contributed by atoms with Crippen LogP contribution in [0.1, 0.15) is 44.2 Å². The Hall–Kier alpha value is -2.56. The molecule has 0 radical (unpaired) electrons. The maximum atomic E-state index is 14.1. The third kappa shape index (κ3) is 4.83. The van der Waals surface area contributed by atoms with Crippen molar-refractivity contribution in [1.82, 2.24) is 0 Å². The van der Waals surface area contributed by atoms with Crippen LogP contribution in [0.5, 0.6) is 11.5 Å². The van der Waals surface area contributed by atoms with Crippen molar-refractivity contribution in [1.29, 1.82) is 0 Å². The molecule has 28 heavy (non-hydrogen) atoms. The maximum absolute atomic E-state index is 14.1. The highest BCUT2D eigenvalue weighted by Gasteiger charge is 2.17. The lowest BCUT2D eigenvalue weighted by molar-refractivity contribution is 0.193. The fourth-order valence-corrected chi connectivity index (χ4v) is 3.24. The summed E-state index contributed by atoms with van der Waals surface area (Å²) in [5, 5.41) is 0. The van der Waals surface area contributed by atoms with E-state index in [1.807, 2.05) is 24.3 Å². The molecule has 3 nitrogen and oxygen atoms in total. The molecule has 1 aliphatic rings. The Balaban J connectivity index is 1.60. The Morgan fingerprint density at radius 2 is 1.64 bits per heavy atom. The minimum atomic E-state index is -1.04. The van der Waals surface area contributed by atoms with Gasteiger partial charge in [0.05, 0.1) is 13.2 Å². The van der Waals surface area contributed by atoms with E-state index in [1.165, 1.54) is 25.0 Å². The highest BCUT2D eigenvalue weighted by atomic mass is 19.2. The van der Waals surface area contributed by atoms with Crippen molar-refractivity contribution in [3.63, 3.8) is 0 Å². The van der Waals surface area contributed by atoms with E-state index < -0.39 is 11.6 Å². The number of hydrogen-bond acceptors (Lipinski definition) is 3.